The Labute approximate surface area is 223 Å². The monoisotopic (exact) mass is 516 g/mol. The highest BCUT2D eigenvalue weighted by atomic mass is 16.5. The SMILES string of the molecule is COc1ccc2c3c([nH]c2c1)[C@H](CO)N(C(=O)c1ccccn1)CC31CCN(C(=O)C2CCCCC2)CC1. The molecule has 1 spiro atoms. The first-order valence-electron chi connectivity index (χ1n) is 13.9. The number of aliphatic hydroxyl groups is 1. The zero-order valence-corrected chi connectivity index (χ0v) is 22.0. The Balaban J connectivity index is 1.39. The maximum absolute atomic E-state index is 13.8. The summed E-state index contributed by atoms with van der Waals surface area (Å²) in [5, 5.41) is 11.7. The molecule has 0 unspecified atom stereocenters. The van der Waals surface area contributed by atoms with Crippen LogP contribution >= 0.6 is 0 Å². The minimum absolute atomic E-state index is 0.154. The van der Waals surface area contributed by atoms with Crippen molar-refractivity contribution in [2.24, 2.45) is 5.92 Å². The van der Waals surface area contributed by atoms with Crippen LogP contribution in [-0.4, -0.2) is 70.0 Å². The first-order valence-corrected chi connectivity index (χ1v) is 13.9. The molecular weight excluding hydrogens is 480 g/mol. The molecule has 4 heterocycles. The number of likely N-dealkylation sites (tertiary alicyclic amines) is 1. The van der Waals surface area contributed by atoms with Gasteiger partial charge in [0.2, 0.25) is 5.91 Å². The highest BCUT2D eigenvalue weighted by Gasteiger charge is 2.49. The fraction of sp³-hybridized carbons (Fsp3) is 0.500. The van der Waals surface area contributed by atoms with E-state index < -0.39 is 6.04 Å². The Morgan fingerprint density at radius 2 is 1.92 bits per heavy atom. The number of ether oxygens (including phenoxy) is 1. The Bertz CT molecular complexity index is 1320. The van der Waals surface area contributed by atoms with Crippen molar-refractivity contribution in [2.75, 3.05) is 33.4 Å². The second kappa shape index (κ2) is 10.1. The summed E-state index contributed by atoms with van der Waals surface area (Å²) >= 11 is 0. The number of carbonyl (C=O) groups excluding carboxylic acids is 2. The predicted molar refractivity (Wildman–Crippen MR) is 144 cm³/mol. The van der Waals surface area contributed by atoms with E-state index in [1.165, 1.54) is 12.0 Å². The van der Waals surface area contributed by atoms with Gasteiger partial charge in [0.15, 0.2) is 0 Å². The van der Waals surface area contributed by atoms with E-state index >= 15 is 0 Å². The van der Waals surface area contributed by atoms with Gasteiger partial charge < -0.3 is 24.6 Å². The molecule has 3 aliphatic rings. The number of rotatable bonds is 4. The lowest BCUT2D eigenvalue weighted by Gasteiger charge is -2.50. The molecule has 2 aromatic heterocycles. The molecule has 2 N–H and O–H groups in total. The number of hydrogen-bond donors (Lipinski definition) is 2. The van der Waals surface area contributed by atoms with Gasteiger partial charge in [-0.05, 0) is 55.5 Å². The van der Waals surface area contributed by atoms with Crippen molar-refractivity contribution >= 4 is 22.7 Å². The third kappa shape index (κ3) is 4.15. The number of amides is 2. The number of hydrogen-bond acceptors (Lipinski definition) is 5. The van der Waals surface area contributed by atoms with Gasteiger partial charge in [0.05, 0.1) is 19.8 Å². The molecule has 38 heavy (non-hydrogen) atoms. The lowest BCUT2D eigenvalue weighted by molar-refractivity contribution is -0.138. The summed E-state index contributed by atoms with van der Waals surface area (Å²) in [4.78, 5) is 38.8. The van der Waals surface area contributed by atoms with Crippen molar-refractivity contribution in [2.45, 2.75) is 56.4 Å². The fourth-order valence-corrected chi connectivity index (χ4v) is 7.03. The van der Waals surface area contributed by atoms with Crippen LogP contribution in [0.15, 0.2) is 42.6 Å². The van der Waals surface area contributed by atoms with E-state index in [-0.39, 0.29) is 23.8 Å². The topological polar surface area (TPSA) is 98.8 Å². The van der Waals surface area contributed by atoms with Gasteiger partial charge in [-0.15, -0.1) is 0 Å². The van der Waals surface area contributed by atoms with Crippen LogP contribution < -0.4 is 4.74 Å². The summed E-state index contributed by atoms with van der Waals surface area (Å²) in [5.41, 5.74) is 3.01. The van der Waals surface area contributed by atoms with Crippen LogP contribution in [0.5, 0.6) is 5.75 Å². The molecule has 1 saturated carbocycles. The van der Waals surface area contributed by atoms with Gasteiger partial charge in [0, 0.05) is 59.8 Å². The van der Waals surface area contributed by atoms with Gasteiger partial charge in [-0.25, -0.2) is 0 Å². The number of H-pyrrole nitrogens is 1. The largest absolute Gasteiger partial charge is 0.497 e. The van der Waals surface area contributed by atoms with E-state index in [0.717, 1.165) is 60.9 Å². The molecule has 200 valence electrons. The Hall–Kier alpha value is -3.39. The van der Waals surface area contributed by atoms with E-state index in [0.29, 0.717) is 31.2 Å². The highest BCUT2D eigenvalue weighted by molar-refractivity contribution is 5.94. The van der Waals surface area contributed by atoms with Gasteiger partial charge in [-0.3, -0.25) is 14.6 Å². The Morgan fingerprint density at radius 3 is 2.61 bits per heavy atom. The number of fused-ring (bicyclic) bond motifs is 4. The summed E-state index contributed by atoms with van der Waals surface area (Å²) < 4.78 is 5.47. The number of pyridine rings is 1. The summed E-state index contributed by atoms with van der Waals surface area (Å²) in [6, 6.07) is 10.8. The van der Waals surface area contributed by atoms with Crippen molar-refractivity contribution in [3.8, 4) is 5.75 Å². The van der Waals surface area contributed by atoms with Crippen molar-refractivity contribution in [1.82, 2.24) is 19.8 Å². The normalized spacial score (nSPS) is 21.5. The molecule has 2 fully saturated rings. The lowest BCUT2D eigenvalue weighted by atomic mass is 9.68. The average Bonchev–Trinajstić information content (AvgIpc) is 3.37. The number of carbonyl (C=O) groups is 2. The number of methoxy groups -OCH3 is 1. The molecule has 2 aliphatic heterocycles. The van der Waals surface area contributed by atoms with Gasteiger partial charge in [0.1, 0.15) is 11.4 Å². The number of benzene rings is 1. The first kappa shape index (κ1) is 24.9. The van der Waals surface area contributed by atoms with E-state index in [1.807, 2.05) is 18.2 Å². The maximum Gasteiger partial charge on any atom is 0.273 e. The van der Waals surface area contributed by atoms with Crippen LogP contribution in [0.1, 0.15) is 72.7 Å². The van der Waals surface area contributed by atoms with Crippen LogP contribution in [0.3, 0.4) is 0 Å². The molecular formula is C30H36N4O4. The van der Waals surface area contributed by atoms with Crippen molar-refractivity contribution in [3.63, 3.8) is 0 Å². The van der Waals surface area contributed by atoms with Crippen LogP contribution in [0.2, 0.25) is 0 Å². The summed E-state index contributed by atoms with van der Waals surface area (Å²) in [5.74, 6) is 1.02. The molecule has 1 aromatic carbocycles. The molecule has 2 amide bonds. The van der Waals surface area contributed by atoms with Gasteiger partial charge in [-0.1, -0.05) is 25.3 Å². The minimum atomic E-state index is -0.509. The molecule has 6 rings (SSSR count). The standard InChI is InChI=1S/C30H36N4O4/c1-38-21-10-11-22-24(17-21)32-27-25(18-35)34(29(37)23-9-5-6-14-31-23)19-30(26(22)27)12-15-33(16-13-30)28(36)20-7-3-2-4-8-20/h5-6,9-11,14,17,20,25,32,35H,2-4,7-8,12-13,15-16,18-19H2,1H3/t25-/m0/s1. The number of aromatic amines is 1. The second-order valence-electron chi connectivity index (χ2n) is 11.1. The molecule has 1 saturated heterocycles. The van der Waals surface area contributed by atoms with Crippen molar-refractivity contribution in [3.05, 3.63) is 59.5 Å². The Kier molecular flexibility index (Phi) is 6.60. The zero-order valence-electron chi connectivity index (χ0n) is 22.0. The third-order valence-corrected chi connectivity index (χ3v) is 9.05. The van der Waals surface area contributed by atoms with E-state index in [2.05, 4.69) is 20.9 Å². The molecule has 0 radical (unpaired) electrons. The number of aliphatic hydroxyl groups excluding tert-OH is 1. The maximum atomic E-state index is 13.8. The average molecular weight is 517 g/mol. The number of nitrogens with zero attached hydrogens (tertiary/aromatic N) is 3. The van der Waals surface area contributed by atoms with Crippen LogP contribution in [0.25, 0.3) is 10.9 Å². The van der Waals surface area contributed by atoms with Gasteiger partial charge >= 0.3 is 0 Å². The van der Waals surface area contributed by atoms with Gasteiger partial charge in [-0.2, -0.15) is 0 Å². The molecule has 0 bridgehead atoms. The van der Waals surface area contributed by atoms with Crippen molar-refractivity contribution < 1.29 is 19.4 Å². The van der Waals surface area contributed by atoms with E-state index in [4.69, 9.17) is 4.74 Å². The smallest absolute Gasteiger partial charge is 0.273 e. The summed E-state index contributed by atoms with van der Waals surface area (Å²) in [7, 11) is 1.65. The second-order valence-corrected chi connectivity index (χ2v) is 11.1. The molecule has 1 aliphatic carbocycles. The number of piperidine rings is 1. The first-order chi connectivity index (χ1) is 18.5. The molecule has 3 aromatic rings. The minimum Gasteiger partial charge on any atom is -0.497 e. The predicted octanol–water partition coefficient (Wildman–Crippen LogP) is 4.20. The number of nitrogens with one attached hydrogen (secondary N) is 1. The van der Waals surface area contributed by atoms with E-state index in [1.54, 1.807) is 30.3 Å². The van der Waals surface area contributed by atoms with Crippen molar-refractivity contribution in [1.29, 1.82) is 0 Å². The summed E-state index contributed by atoms with van der Waals surface area (Å²) in [6.45, 7) is 1.63. The molecule has 8 heteroatoms. The van der Waals surface area contributed by atoms with E-state index in [9.17, 15) is 14.7 Å². The van der Waals surface area contributed by atoms with Crippen LogP contribution in [-0.2, 0) is 10.2 Å². The fourth-order valence-electron chi connectivity index (χ4n) is 7.03. The quantitative estimate of drug-likeness (QED) is 0.542. The summed E-state index contributed by atoms with van der Waals surface area (Å²) in [6.07, 6.45) is 8.67. The lowest BCUT2D eigenvalue weighted by Crippen LogP contribution is -2.56. The Morgan fingerprint density at radius 1 is 1.13 bits per heavy atom. The number of aromatic nitrogens is 2. The van der Waals surface area contributed by atoms with Crippen LogP contribution in [0.4, 0.5) is 0 Å². The molecule has 1 atom stereocenters. The zero-order chi connectivity index (χ0) is 26.3. The van der Waals surface area contributed by atoms with Crippen LogP contribution in [0, 0.1) is 5.92 Å². The highest BCUT2D eigenvalue weighted by Crippen LogP contribution is 2.49. The van der Waals surface area contributed by atoms with Gasteiger partial charge in [0.25, 0.3) is 5.91 Å². The third-order valence-electron chi connectivity index (χ3n) is 9.05. The molecule has 8 nitrogen and oxygen atoms in total.